The minimum absolute atomic E-state index is 0.0179. The average Bonchev–Trinajstić information content (AvgIpc) is 3.48. The molecule has 4 N–H and O–H groups in total. The number of aromatic amines is 1. The third-order valence-corrected chi connectivity index (χ3v) is 7.48. The van der Waals surface area contributed by atoms with E-state index in [-0.39, 0.29) is 24.2 Å². The third kappa shape index (κ3) is 4.71. The van der Waals surface area contributed by atoms with Crippen molar-refractivity contribution in [1.82, 2.24) is 10.3 Å². The Morgan fingerprint density at radius 1 is 0.951 bits per heavy atom. The second-order valence-corrected chi connectivity index (χ2v) is 10.1. The number of carbonyl (C=O) groups is 2. The molecule has 9 nitrogen and oxygen atoms in total. The first-order valence-corrected chi connectivity index (χ1v) is 13.1. The first-order chi connectivity index (χ1) is 19.7. The molecule has 9 heteroatoms. The second kappa shape index (κ2) is 10.0. The number of aromatic hydroxyl groups is 1. The zero-order chi connectivity index (χ0) is 28.8. The van der Waals surface area contributed by atoms with Crippen LogP contribution in [0.25, 0.3) is 44.0 Å². The molecule has 0 saturated carbocycles. The van der Waals surface area contributed by atoms with Crippen LogP contribution in [0.2, 0.25) is 0 Å². The highest BCUT2D eigenvalue weighted by molar-refractivity contribution is 6.03. The van der Waals surface area contributed by atoms with Crippen molar-refractivity contribution in [1.29, 1.82) is 0 Å². The maximum Gasteiger partial charge on any atom is 0.340 e. The van der Waals surface area contributed by atoms with Gasteiger partial charge in [-0.3, -0.25) is 4.79 Å². The van der Waals surface area contributed by atoms with E-state index in [1.54, 1.807) is 25.3 Å². The van der Waals surface area contributed by atoms with Gasteiger partial charge in [0.05, 0.1) is 12.0 Å². The fraction of sp³-hybridized carbons (Fsp3) is 0.156. The molecule has 0 spiro atoms. The molecule has 6 rings (SSSR count). The maximum atomic E-state index is 13.1. The predicted molar refractivity (Wildman–Crippen MR) is 154 cm³/mol. The smallest absolute Gasteiger partial charge is 0.340 e. The molecule has 0 fully saturated rings. The lowest BCUT2D eigenvalue weighted by molar-refractivity contribution is -0.141. The van der Waals surface area contributed by atoms with Crippen LogP contribution >= 0.6 is 0 Å². The van der Waals surface area contributed by atoms with Gasteiger partial charge in [-0.1, -0.05) is 30.3 Å². The predicted octanol–water partition coefficient (Wildman–Crippen LogP) is 5.36. The number of rotatable bonds is 7. The molecule has 1 amide bonds. The highest BCUT2D eigenvalue weighted by Gasteiger charge is 2.24. The molecular weight excluding hydrogens is 524 g/mol. The van der Waals surface area contributed by atoms with Crippen LogP contribution in [0.4, 0.5) is 0 Å². The van der Waals surface area contributed by atoms with E-state index < -0.39 is 23.5 Å². The van der Waals surface area contributed by atoms with Gasteiger partial charge in [-0.15, -0.1) is 0 Å². The summed E-state index contributed by atoms with van der Waals surface area (Å²) >= 11 is 0. The molecule has 41 heavy (non-hydrogen) atoms. The number of H-pyrrole nitrogens is 1. The van der Waals surface area contributed by atoms with Gasteiger partial charge in [0.2, 0.25) is 5.91 Å². The van der Waals surface area contributed by atoms with Gasteiger partial charge in [0.25, 0.3) is 0 Å². The van der Waals surface area contributed by atoms with Gasteiger partial charge in [0.15, 0.2) is 0 Å². The zero-order valence-electron chi connectivity index (χ0n) is 22.3. The number of hydrogen-bond donors (Lipinski definition) is 4. The Balaban J connectivity index is 1.31. The number of nitrogens with one attached hydrogen (secondary N) is 2. The van der Waals surface area contributed by atoms with Gasteiger partial charge in [-0.25, -0.2) is 9.59 Å². The molecule has 0 bridgehead atoms. The average molecular weight is 551 g/mol. The molecule has 0 aliphatic carbocycles. The summed E-state index contributed by atoms with van der Waals surface area (Å²) in [5.41, 5.74) is 4.25. The van der Waals surface area contributed by atoms with Crippen LogP contribution < -0.4 is 10.9 Å². The second-order valence-electron chi connectivity index (χ2n) is 10.1. The van der Waals surface area contributed by atoms with E-state index in [0.717, 1.165) is 27.8 Å². The van der Waals surface area contributed by atoms with Crippen LogP contribution in [-0.4, -0.2) is 33.1 Å². The number of amides is 1. The summed E-state index contributed by atoms with van der Waals surface area (Å²) < 4.78 is 11.6. The highest BCUT2D eigenvalue weighted by atomic mass is 16.4. The van der Waals surface area contributed by atoms with Crippen molar-refractivity contribution < 1.29 is 28.6 Å². The molecule has 3 aromatic heterocycles. The number of phenolic OH excluding ortho intramolecular Hbond substituents is 1. The number of aromatic nitrogens is 1. The molecule has 6 aromatic rings. The number of aliphatic carboxylic acids is 1. The van der Waals surface area contributed by atoms with E-state index in [0.29, 0.717) is 33.1 Å². The lowest BCUT2D eigenvalue weighted by Gasteiger charge is -2.15. The summed E-state index contributed by atoms with van der Waals surface area (Å²) in [7, 11) is 0. The van der Waals surface area contributed by atoms with E-state index in [9.17, 15) is 24.6 Å². The first-order valence-electron chi connectivity index (χ1n) is 13.1. The van der Waals surface area contributed by atoms with E-state index in [1.165, 1.54) is 12.1 Å². The Labute approximate surface area is 233 Å². The van der Waals surface area contributed by atoms with Crippen molar-refractivity contribution in [3.63, 3.8) is 0 Å². The van der Waals surface area contributed by atoms with Crippen LogP contribution in [0.3, 0.4) is 0 Å². The summed E-state index contributed by atoms with van der Waals surface area (Å²) in [5.74, 6) is -1.07. The molecule has 206 valence electrons. The quantitative estimate of drug-likeness (QED) is 0.196. The zero-order valence-corrected chi connectivity index (χ0v) is 22.3. The molecule has 0 radical (unpaired) electrons. The Hall–Kier alpha value is -5.31. The summed E-state index contributed by atoms with van der Waals surface area (Å²) in [6, 6.07) is 16.9. The number of aryl methyl sites for hydroxylation is 2. The van der Waals surface area contributed by atoms with Crippen molar-refractivity contribution in [3.05, 3.63) is 99.7 Å². The largest absolute Gasteiger partial charge is 0.508 e. The van der Waals surface area contributed by atoms with Crippen molar-refractivity contribution in [2.24, 2.45) is 0 Å². The van der Waals surface area contributed by atoms with Gasteiger partial charge in [-0.05, 0) is 54.8 Å². The number of fused-ring (bicyclic) bond motifs is 3. The van der Waals surface area contributed by atoms with Crippen molar-refractivity contribution in [2.45, 2.75) is 32.7 Å². The van der Waals surface area contributed by atoms with Crippen LogP contribution in [0.5, 0.6) is 5.75 Å². The molecule has 3 heterocycles. The summed E-state index contributed by atoms with van der Waals surface area (Å²) in [6.07, 6.45) is 1.28. The molecule has 1 atom stereocenters. The molecule has 0 saturated heterocycles. The van der Waals surface area contributed by atoms with E-state index >= 15 is 0 Å². The van der Waals surface area contributed by atoms with E-state index in [1.807, 2.05) is 43.3 Å². The van der Waals surface area contributed by atoms with Crippen LogP contribution in [0, 0.1) is 13.8 Å². The van der Waals surface area contributed by atoms with Crippen molar-refractivity contribution >= 4 is 44.7 Å². The van der Waals surface area contributed by atoms with Gasteiger partial charge in [0, 0.05) is 45.9 Å². The Morgan fingerprint density at radius 3 is 2.46 bits per heavy atom. The Kier molecular flexibility index (Phi) is 6.34. The topological polar surface area (TPSA) is 146 Å². The van der Waals surface area contributed by atoms with Gasteiger partial charge in [0.1, 0.15) is 28.7 Å². The Bertz CT molecular complexity index is 2030. The molecular formula is C32H26N2O7. The van der Waals surface area contributed by atoms with Crippen LogP contribution in [0.15, 0.2) is 80.5 Å². The van der Waals surface area contributed by atoms with Crippen molar-refractivity contribution in [2.75, 3.05) is 0 Å². The van der Waals surface area contributed by atoms with E-state index in [4.69, 9.17) is 8.83 Å². The number of carboxylic acids is 1. The van der Waals surface area contributed by atoms with Crippen molar-refractivity contribution in [3.8, 4) is 16.9 Å². The third-order valence-electron chi connectivity index (χ3n) is 7.48. The molecule has 3 aromatic carbocycles. The highest BCUT2D eigenvalue weighted by Crippen LogP contribution is 2.37. The number of benzene rings is 3. The van der Waals surface area contributed by atoms with E-state index in [2.05, 4.69) is 10.3 Å². The monoisotopic (exact) mass is 550 g/mol. The number of phenols is 1. The number of hydrogen-bond acceptors (Lipinski definition) is 6. The SMILES string of the molecule is Cc1oc2cc3oc(=O)c(CC(=O)N[C@@H](Cc4c[nH]c5ccc(O)cc45)C(=O)O)c(C)c3cc2c1-c1ccccc1. The Morgan fingerprint density at radius 2 is 1.71 bits per heavy atom. The fourth-order valence-electron chi connectivity index (χ4n) is 5.43. The fourth-order valence-corrected chi connectivity index (χ4v) is 5.43. The van der Waals surface area contributed by atoms with Crippen LogP contribution in [0.1, 0.15) is 22.5 Å². The number of carbonyl (C=O) groups excluding carboxylic acids is 1. The molecule has 0 unspecified atom stereocenters. The normalized spacial score (nSPS) is 12.2. The minimum Gasteiger partial charge on any atom is -0.508 e. The summed E-state index contributed by atoms with van der Waals surface area (Å²) in [4.78, 5) is 41.1. The van der Waals surface area contributed by atoms with Gasteiger partial charge >= 0.3 is 11.6 Å². The minimum atomic E-state index is -1.25. The number of furan rings is 1. The summed E-state index contributed by atoms with van der Waals surface area (Å²) in [6.45, 7) is 3.62. The number of carboxylic acid groups (broad SMARTS) is 1. The maximum absolute atomic E-state index is 13.1. The molecule has 0 aliphatic heterocycles. The molecule has 0 aliphatic rings. The van der Waals surface area contributed by atoms with Crippen LogP contribution in [-0.2, 0) is 22.4 Å². The lowest BCUT2D eigenvalue weighted by Crippen LogP contribution is -2.43. The summed E-state index contributed by atoms with van der Waals surface area (Å²) in [5, 5.41) is 24.4. The van der Waals surface area contributed by atoms with Gasteiger partial charge < -0.3 is 29.3 Å². The first kappa shape index (κ1) is 25.9. The standard InChI is InChI=1S/C32H26N2O7/c1-16-21-12-24-28(40-17(2)30(24)18-6-4-3-5-7-18)14-27(21)41-32(39)22(16)13-29(36)34-26(31(37)38)10-19-15-33-25-9-8-20(35)11-23(19)25/h3-9,11-12,14-15,26,33,35H,10,13H2,1-2H3,(H,34,36)(H,37,38)/t26-/m0/s1. The lowest BCUT2D eigenvalue weighted by atomic mass is 9.98. The van der Waals surface area contributed by atoms with Gasteiger partial charge in [-0.2, -0.15) is 0 Å².